The van der Waals surface area contributed by atoms with Gasteiger partial charge in [0.15, 0.2) is 0 Å². The molecule has 0 radical (unpaired) electrons. The average molecular weight is 231 g/mol. The lowest BCUT2D eigenvalue weighted by molar-refractivity contribution is 0.0736. The van der Waals surface area contributed by atoms with Crippen LogP contribution in [0, 0.1) is 5.41 Å². The number of halogens is 1. The largest absolute Gasteiger partial charge is 0.378 e. The van der Waals surface area contributed by atoms with Crippen molar-refractivity contribution < 1.29 is 4.74 Å². The van der Waals surface area contributed by atoms with Crippen LogP contribution >= 0.6 is 22.9 Å². The second-order valence-electron chi connectivity index (χ2n) is 4.07. The van der Waals surface area contributed by atoms with Crippen molar-refractivity contribution in [3.05, 3.63) is 22.4 Å². The van der Waals surface area contributed by atoms with E-state index < -0.39 is 0 Å². The van der Waals surface area contributed by atoms with E-state index in [1.165, 1.54) is 5.56 Å². The summed E-state index contributed by atoms with van der Waals surface area (Å²) in [6, 6.07) is 2.18. The molecule has 1 saturated heterocycles. The molecule has 0 bridgehead atoms. The predicted molar refractivity (Wildman–Crippen MR) is 61.2 cm³/mol. The molecule has 1 aliphatic heterocycles. The van der Waals surface area contributed by atoms with E-state index in [-0.39, 0.29) is 5.41 Å². The quantitative estimate of drug-likeness (QED) is 0.724. The highest BCUT2D eigenvalue weighted by atomic mass is 35.5. The van der Waals surface area contributed by atoms with E-state index in [4.69, 9.17) is 16.3 Å². The normalized spacial score (nSPS) is 32.3. The summed E-state index contributed by atoms with van der Waals surface area (Å²) in [6.07, 6.45) is 2.44. The summed E-state index contributed by atoms with van der Waals surface area (Å²) < 4.78 is 5.63. The molecule has 3 heteroatoms. The van der Waals surface area contributed by atoms with E-state index in [0.29, 0.717) is 12.0 Å². The van der Waals surface area contributed by atoms with E-state index in [1.54, 1.807) is 11.3 Å². The van der Waals surface area contributed by atoms with Crippen LogP contribution in [0.15, 0.2) is 16.8 Å². The van der Waals surface area contributed by atoms with Crippen molar-refractivity contribution >= 4 is 22.9 Å². The Balaban J connectivity index is 2.13. The van der Waals surface area contributed by atoms with Crippen LogP contribution in [0.5, 0.6) is 0 Å². The molecule has 14 heavy (non-hydrogen) atoms. The zero-order valence-electron chi connectivity index (χ0n) is 8.33. The molecule has 0 N–H and O–H groups in total. The van der Waals surface area contributed by atoms with Crippen LogP contribution in [0.4, 0.5) is 0 Å². The maximum absolute atomic E-state index is 6.10. The topological polar surface area (TPSA) is 9.23 Å². The maximum Gasteiger partial charge on any atom is 0.0618 e. The molecular formula is C11H15ClOS. The minimum Gasteiger partial charge on any atom is -0.378 e. The first-order valence-electron chi connectivity index (χ1n) is 4.95. The monoisotopic (exact) mass is 230 g/mol. The van der Waals surface area contributed by atoms with Gasteiger partial charge in [0.25, 0.3) is 0 Å². The Hall–Kier alpha value is -0.0500. The number of hydrogen-bond donors (Lipinski definition) is 0. The van der Waals surface area contributed by atoms with Gasteiger partial charge in [-0.1, -0.05) is 0 Å². The van der Waals surface area contributed by atoms with Gasteiger partial charge in [-0.3, -0.25) is 0 Å². The summed E-state index contributed by atoms with van der Waals surface area (Å²) in [4.78, 5) is 0. The SMILES string of the molecule is CC1OCCC1(CCl)Cc1ccsc1. The van der Waals surface area contributed by atoms with Crippen LogP contribution < -0.4 is 0 Å². The van der Waals surface area contributed by atoms with Crippen molar-refractivity contribution in [1.82, 2.24) is 0 Å². The minimum absolute atomic E-state index is 0.169. The Bertz CT molecular complexity index is 285. The van der Waals surface area contributed by atoms with Crippen molar-refractivity contribution in [2.75, 3.05) is 12.5 Å². The van der Waals surface area contributed by atoms with E-state index in [0.717, 1.165) is 19.4 Å². The molecule has 1 nitrogen and oxygen atoms in total. The molecule has 0 aromatic carbocycles. The third-order valence-electron chi connectivity index (χ3n) is 3.23. The molecule has 2 heterocycles. The van der Waals surface area contributed by atoms with Crippen molar-refractivity contribution in [1.29, 1.82) is 0 Å². The average Bonchev–Trinajstić information content (AvgIpc) is 2.79. The van der Waals surface area contributed by atoms with Crippen LogP contribution in [0.1, 0.15) is 18.9 Å². The van der Waals surface area contributed by atoms with Gasteiger partial charge in [-0.2, -0.15) is 11.3 Å². The van der Waals surface area contributed by atoms with E-state index in [1.807, 2.05) is 0 Å². The Morgan fingerprint density at radius 1 is 1.71 bits per heavy atom. The van der Waals surface area contributed by atoms with Gasteiger partial charge in [-0.15, -0.1) is 11.6 Å². The Morgan fingerprint density at radius 2 is 2.57 bits per heavy atom. The lowest BCUT2D eigenvalue weighted by Crippen LogP contribution is -2.32. The van der Waals surface area contributed by atoms with Gasteiger partial charge in [0.1, 0.15) is 0 Å². The number of ether oxygens (including phenoxy) is 1. The summed E-state index contributed by atoms with van der Waals surface area (Å²) in [5.74, 6) is 0.698. The Morgan fingerprint density at radius 3 is 3.07 bits per heavy atom. The summed E-state index contributed by atoms with van der Waals surface area (Å²) in [5, 5.41) is 4.33. The smallest absolute Gasteiger partial charge is 0.0618 e. The summed E-state index contributed by atoms with van der Waals surface area (Å²) in [5.41, 5.74) is 1.57. The van der Waals surface area contributed by atoms with Crippen LogP contribution in [-0.2, 0) is 11.2 Å². The highest BCUT2D eigenvalue weighted by Crippen LogP contribution is 2.39. The number of alkyl halides is 1. The lowest BCUT2D eigenvalue weighted by Gasteiger charge is -2.29. The first-order chi connectivity index (χ1) is 6.77. The highest BCUT2D eigenvalue weighted by molar-refractivity contribution is 7.07. The van der Waals surface area contributed by atoms with Crippen LogP contribution in [-0.4, -0.2) is 18.6 Å². The van der Waals surface area contributed by atoms with Gasteiger partial charge in [-0.05, 0) is 42.2 Å². The molecule has 0 spiro atoms. The Kier molecular flexibility index (Phi) is 3.15. The summed E-state index contributed by atoms with van der Waals surface area (Å²) >= 11 is 7.85. The van der Waals surface area contributed by atoms with Gasteiger partial charge in [-0.25, -0.2) is 0 Å². The van der Waals surface area contributed by atoms with Crippen molar-refractivity contribution in [2.24, 2.45) is 5.41 Å². The molecule has 1 fully saturated rings. The Labute approximate surface area is 94.0 Å². The number of thiophene rings is 1. The molecule has 2 rings (SSSR count). The van der Waals surface area contributed by atoms with Crippen molar-refractivity contribution in [2.45, 2.75) is 25.9 Å². The third kappa shape index (κ3) is 1.83. The first-order valence-corrected chi connectivity index (χ1v) is 6.43. The fourth-order valence-electron chi connectivity index (χ4n) is 2.07. The first kappa shape index (κ1) is 10.5. The summed E-state index contributed by atoms with van der Waals surface area (Å²) in [7, 11) is 0. The second-order valence-corrected chi connectivity index (χ2v) is 5.11. The van der Waals surface area contributed by atoms with Crippen molar-refractivity contribution in [3.8, 4) is 0 Å². The second kappa shape index (κ2) is 4.21. The molecule has 2 atom stereocenters. The van der Waals surface area contributed by atoms with E-state index in [9.17, 15) is 0 Å². The number of hydrogen-bond acceptors (Lipinski definition) is 2. The molecular weight excluding hydrogens is 216 g/mol. The van der Waals surface area contributed by atoms with Crippen molar-refractivity contribution in [3.63, 3.8) is 0 Å². The third-order valence-corrected chi connectivity index (χ3v) is 4.50. The van der Waals surface area contributed by atoms with Gasteiger partial charge >= 0.3 is 0 Å². The predicted octanol–water partition coefficient (Wildman–Crippen LogP) is 3.32. The fraction of sp³-hybridized carbons (Fsp3) is 0.636. The van der Waals surface area contributed by atoms with Crippen LogP contribution in [0.25, 0.3) is 0 Å². The zero-order chi connectivity index (χ0) is 10.0. The summed E-state index contributed by atoms with van der Waals surface area (Å²) in [6.45, 7) is 3.00. The molecule has 0 amide bonds. The molecule has 78 valence electrons. The molecule has 1 aromatic rings. The zero-order valence-corrected chi connectivity index (χ0v) is 9.90. The van der Waals surface area contributed by atoms with Gasteiger partial charge in [0, 0.05) is 17.9 Å². The van der Waals surface area contributed by atoms with Gasteiger partial charge < -0.3 is 4.74 Å². The molecule has 1 aliphatic rings. The highest BCUT2D eigenvalue weighted by Gasteiger charge is 2.40. The molecule has 0 aliphatic carbocycles. The van der Waals surface area contributed by atoms with Crippen LogP contribution in [0.3, 0.4) is 0 Å². The maximum atomic E-state index is 6.10. The van der Waals surface area contributed by atoms with Gasteiger partial charge in [0.05, 0.1) is 6.10 Å². The van der Waals surface area contributed by atoms with Crippen LogP contribution in [0.2, 0.25) is 0 Å². The lowest BCUT2D eigenvalue weighted by atomic mass is 9.78. The van der Waals surface area contributed by atoms with E-state index in [2.05, 4.69) is 23.8 Å². The number of rotatable bonds is 3. The van der Waals surface area contributed by atoms with Gasteiger partial charge in [0.2, 0.25) is 0 Å². The minimum atomic E-state index is 0.169. The molecule has 1 aromatic heterocycles. The fourth-order valence-corrected chi connectivity index (χ4v) is 3.19. The molecule has 0 saturated carbocycles. The molecule has 2 unspecified atom stereocenters. The van der Waals surface area contributed by atoms with E-state index >= 15 is 0 Å². The standard InChI is InChI=1S/C11H15ClOS/c1-9-11(8-12,3-4-13-9)6-10-2-5-14-7-10/h2,5,7,9H,3-4,6,8H2,1H3.